The Morgan fingerprint density at radius 2 is 2.12 bits per heavy atom. The second-order valence-electron chi connectivity index (χ2n) is 2.87. The van der Waals surface area contributed by atoms with Crippen LogP contribution in [0.4, 0.5) is 19.0 Å². The number of rotatable bonds is 2. The third-order valence-electron chi connectivity index (χ3n) is 1.80. The lowest BCUT2D eigenvalue weighted by Gasteiger charge is -2.06. The topological polar surface area (TPSA) is 95.9 Å². The van der Waals surface area contributed by atoms with Crippen LogP contribution in [0.3, 0.4) is 0 Å². The van der Waals surface area contributed by atoms with E-state index in [4.69, 9.17) is 5.73 Å². The fraction of sp³-hybridized carbons (Fsp3) is 0.143. The van der Waals surface area contributed by atoms with Gasteiger partial charge >= 0.3 is 12.6 Å². The van der Waals surface area contributed by atoms with Gasteiger partial charge in [0.25, 0.3) is 0 Å². The number of alkyl halides is 3. The molecule has 0 saturated carbocycles. The molecule has 2 heterocycles. The van der Waals surface area contributed by atoms with Gasteiger partial charge in [0, 0.05) is 0 Å². The van der Waals surface area contributed by atoms with E-state index < -0.39 is 17.8 Å². The normalized spacial score (nSPS) is 11.7. The van der Waals surface area contributed by atoms with Crippen LogP contribution < -0.4 is 10.6 Å². The largest absolute Gasteiger partial charge is 0.451 e. The molecule has 0 fully saturated rings. The van der Waals surface area contributed by atoms with Crippen molar-refractivity contribution in [1.82, 2.24) is 19.7 Å². The number of hydrogen-bond donors (Lipinski definition) is 1. The van der Waals surface area contributed by atoms with Gasteiger partial charge in [0.2, 0.25) is 11.5 Å². The number of nitrogens with two attached hydrogens (primary N) is 1. The highest BCUT2D eigenvalue weighted by molar-refractivity contribution is 5.81. The Labute approximate surface area is 91.0 Å². The molecule has 2 aromatic rings. The number of carbonyl (C=O) groups is 1. The maximum atomic E-state index is 12.4. The first-order valence-corrected chi connectivity index (χ1v) is 4.12. The van der Waals surface area contributed by atoms with E-state index in [1.54, 1.807) is 0 Å². The second kappa shape index (κ2) is 3.57. The van der Waals surface area contributed by atoms with Crippen LogP contribution in [0, 0.1) is 0 Å². The van der Waals surface area contributed by atoms with Crippen molar-refractivity contribution in [2.24, 2.45) is 0 Å². The molecule has 0 aliphatic rings. The van der Waals surface area contributed by atoms with Crippen LogP contribution in [0.5, 0.6) is 0 Å². The molecule has 0 bridgehead atoms. The number of aromatic nitrogens is 4. The molecule has 0 radical (unpaired) electrons. The summed E-state index contributed by atoms with van der Waals surface area (Å²) < 4.78 is 37.9. The van der Waals surface area contributed by atoms with Crippen LogP contribution in [0.2, 0.25) is 0 Å². The SMILES string of the molecule is Nc1nc(C(F)(F)F)nc2c1ncn2OC=O. The molecule has 7 nitrogen and oxygen atoms in total. The van der Waals surface area contributed by atoms with E-state index in [-0.39, 0.29) is 17.6 Å². The summed E-state index contributed by atoms with van der Waals surface area (Å²) in [6.45, 7) is 0.0205. The third-order valence-corrected chi connectivity index (χ3v) is 1.80. The summed E-state index contributed by atoms with van der Waals surface area (Å²) in [7, 11) is 0. The predicted molar refractivity (Wildman–Crippen MR) is 47.4 cm³/mol. The van der Waals surface area contributed by atoms with Crippen molar-refractivity contribution in [3.05, 3.63) is 12.2 Å². The van der Waals surface area contributed by atoms with Gasteiger partial charge in [-0.1, -0.05) is 0 Å². The predicted octanol–water partition coefficient (Wildman–Crippen LogP) is 0.0123. The lowest BCUT2D eigenvalue weighted by molar-refractivity contribution is -0.144. The van der Waals surface area contributed by atoms with Gasteiger partial charge in [-0.15, -0.1) is 4.73 Å². The van der Waals surface area contributed by atoms with Crippen molar-refractivity contribution in [1.29, 1.82) is 0 Å². The smallest absolute Gasteiger partial charge is 0.382 e. The fourth-order valence-corrected chi connectivity index (χ4v) is 1.15. The number of anilines is 1. The zero-order chi connectivity index (χ0) is 12.6. The zero-order valence-electron chi connectivity index (χ0n) is 7.97. The summed E-state index contributed by atoms with van der Waals surface area (Å²) >= 11 is 0. The van der Waals surface area contributed by atoms with Gasteiger partial charge in [0.05, 0.1) is 0 Å². The average molecular weight is 247 g/mol. The van der Waals surface area contributed by atoms with E-state index in [1.807, 2.05) is 0 Å². The summed E-state index contributed by atoms with van der Waals surface area (Å²) in [6.07, 6.45) is -3.79. The van der Waals surface area contributed by atoms with Crippen molar-refractivity contribution in [2.75, 3.05) is 5.73 Å². The second-order valence-corrected chi connectivity index (χ2v) is 2.87. The minimum Gasteiger partial charge on any atom is -0.382 e. The molecule has 0 saturated heterocycles. The Hall–Kier alpha value is -2.39. The average Bonchev–Trinajstić information content (AvgIpc) is 2.61. The molecule has 0 aliphatic heterocycles. The molecule has 2 rings (SSSR count). The van der Waals surface area contributed by atoms with E-state index >= 15 is 0 Å². The van der Waals surface area contributed by atoms with Crippen molar-refractivity contribution in [2.45, 2.75) is 6.18 Å². The van der Waals surface area contributed by atoms with Crippen molar-refractivity contribution < 1.29 is 22.8 Å². The number of nitrogen functional groups attached to an aromatic ring is 1. The minimum absolute atomic E-state index is 0.0205. The van der Waals surface area contributed by atoms with Gasteiger partial charge in [-0.3, -0.25) is 4.79 Å². The highest BCUT2D eigenvalue weighted by Crippen LogP contribution is 2.28. The first-order chi connectivity index (χ1) is 7.93. The van der Waals surface area contributed by atoms with Crippen molar-refractivity contribution >= 4 is 23.5 Å². The number of nitrogens with zero attached hydrogens (tertiary/aromatic N) is 4. The monoisotopic (exact) mass is 247 g/mol. The quantitative estimate of drug-likeness (QED) is 0.751. The first-order valence-electron chi connectivity index (χ1n) is 4.12. The third kappa shape index (κ3) is 1.84. The van der Waals surface area contributed by atoms with Crippen molar-refractivity contribution in [3.63, 3.8) is 0 Å². The maximum absolute atomic E-state index is 12.4. The molecule has 17 heavy (non-hydrogen) atoms. The Bertz CT molecular complexity index is 579. The highest BCUT2D eigenvalue weighted by atomic mass is 19.4. The summed E-state index contributed by atoms with van der Waals surface area (Å²) in [5.74, 6) is -1.88. The number of carbonyl (C=O) groups excluding carboxylic acids is 1. The molecule has 2 N–H and O–H groups in total. The molecule has 10 heteroatoms. The molecule has 2 aromatic heterocycles. The van der Waals surface area contributed by atoms with Crippen LogP contribution in [-0.2, 0) is 11.0 Å². The lowest BCUT2D eigenvalue weighted by Crippen LogP contribution is -2.15. The van der Waals surface area contributed by atoms with Crippen LogP contribution in [0.25, 0.3) is 11.2 Å². The van der Waals surface area contributed by atoms with Crippen molar-refractivity contribution in [3.8, 4) is 0 Å². The van der Waals surface area contributed by atoms with Gasteiger partial charge in [0.1, 0.15) is 6.33 Å². The molecular weight excluding hydrogens is 243 g/mol. The van der Waals surface area contributed by atoms with Gasteiger partial charge in [0.15, 0.2) is 11.3 Å². The maximum Gasteiger partial charge on any atom is 0.451 e. The summed E-state index contributed by atoms with van der Waals surface area (Å²) in [5.41, 5.74) is 4.87. The Balaban J connectivity index is 2.68. The van der Waals surface area contributed by atoms with Gasteiger partial charge in [-0.25, -0.2) is 15.0 Å². The van der Waals surface area contributed by atoms with E-state index in [1.165, 1.54) is 0 Å². The van der Waals surface area contributed by atoms with Gasteiger partial charge in [-0.2, -0.15) is 13.2 Å². The Morgan fingerprint density at radius 3 is 2.71 bits per heavy atom. The molecule has 0 spiro atoms. The lowest BCUT2D eigenvalue weighted by atomic mass is 10.4. The van der Waals surface area contributed by atoms with Crippen LogP contribution in [0.15, 0.2) is 6.33 Å². The van der Waals surface area contributed by atoms with Gasteiger partial charge in [-0.05, 0) is 0 Å². The molecule has 0 amide bonds. The number of fused-ring (bicyclic) bond motifs is 1. The van der Waals surface area contributed by atoms with Crippen LogP contribution in [-0.4, -0.2) is 26.2 Å². The molecule has 0 unspecified atom stereocenters. The zero-order valence-corrected chi connectivity index (χ0v) is 7.97. The molecule has 90 valence electrons. The van der Waals surface area contributed by atoms with E-state index in [0.29, 0.717) is 4.73 Å². The van der Waals surface area contributed by atoms with Gasteiger partial charge < -0.3 is 10.6 Å². The minimum atomic E-state index is -4.75. The van der Waals surface area contributed by atoms with Crippen LogP contribution >= 0.6 is 0 Å². The number of hydrogen-bond acceptors (Lipinski definition) is 6. The first kappa shape index (κ1) is 11.1. The fourth-order valence-electron chi connectivity index (χ4n) is 1.15. The highest BCUT2D eigenvalue weighted by Gasteiger charge is 2.36. The molecule has 0 aliphatic carbocycles. The Morgan fingerprint density at radius 1 is 1.41 bits per heavy atom. The Kier molecular flexibility index (Phi) is 2.33. The number of imidazole rings is 1. The van der Waals surface area contributed by atoms with E-state index in [2.05, 4.69) is 19.8 Å². The number of halogens is 3. The summed E-state index contributed by atoms with van der Waals surface area (Å²) in [5, 5.41) is 0. The van der Waals surface area contributed by atoms with E-state index in [0.717, 1.165) is 6.33 Å². The standard InChI is InChI=1S/C7H4F3N5O2/c8-7(9,10)6-13-4(11)3-5(14-6)15(1-12-3)17-2-16/h1-2H,(H2,11,13,14). The van der Waals surface area contributed by atoms with Crippen LogP contribution in [0.1, 0.15) is 5.82 Å². The molecule has 0 atom stereocenters. The van der Waals surface area contributed by atoms with E-state index in [9.17, 15) is 18.0 Å². The summed E-state index contributed by atoms with van der Waals surface area (Å²) in [4.78, 5) is 24.3. The molecule has 0 aromatic carbocycles. The molecular formula is C7H4F3N5O2. The summed E-state index contributed by atoms with van der Waals surface area (Å²) in [6, 6.07) is 0.